The second-order valence-electron chi connectivity index (χ2n) is 5.01. The molecule has 1 N–H and O–H groups in total. The quantitative estimate of drug-likeness (QED) is 0.844. The number of nitrogens with one attached hydrogen (secondary N) is 1. The average molecular weight is 294 g/mol. The molecule has 1 heterocycles. The van der Waals surface area contributed by atoms with E-state index in [1.165, 1.54) is 25.7 Å². The van der Waals surface area contributed by atoms with Crippen molar-refractivity contribution in [3.05, 3.63) is 23.9 Å². The number of ether oxygens (including phenoxy) is 1. The van der Waals surface area contributed by atoms with Crippen LogP contribution in [-0.2, 0) is 4.74 Å². The summed E-state index contributed by atoms with van der Waals surface area (Å²) in [5.41, 5.74) is 0.503. The van der Waals surface area contributed by atoms with E-state index >= 15 is 0 Å². The number of rotatable bonds is 5. The molecule has 0 unspecified atom stereocenters. The highest BCUT2D eigenvalue weighted by molar-refractivity contribution is 7.99. The maximum Gasteiger partial charge on any atom is 0.339 e. The van der Waals surface area contributed by atoms with Crippen LogP contribution < -0.4 is 5.32 Å². The topological polar surface area (TPSA) is 51.2 Å². The molecule has 5 heteroatoms. The number of thioether (sulfide) groups is 1. The number of aromatic nitrogens is 1. The van der Waals surface area contributed by atoms with Gasteiger partial charge in [-0.3, -0.25) is 0 Å². The number of carbonyl (C=O) groups excluding carboxylic acids is 1. The standard InChI is InChI=1S/C15H22N2O2S/c1-3-19-15(18)11-4-9-14(16-10-11)17-12-5-7-13(20-2)8-6-12/h4,9-10,12-13H,3,5-8H2,1-2H3,(H,16,17). The molecule has 1 aliphatic rings. The third-order valence-electron chi connectivity index (χ3n) is 3.63. The highest BCUT2D eigenvalue weighted by Crippen LogP contribution is 2.28. The lowest BCUT2D eigenvalue weighted by Gasteiger charge is -2.28. The van der Waals surface area contributed by atoms with Crippen LogP contribution in [0.4, 0.5) is 5.82 Å². The van der Waals surface area contributed by atoms with Gasteiger partial charge in [0.05, 0.1) is 12.2 Å². The number of anilines is 1. The van der Waals surface area contributed by atoms with Crippen molar-refractivity contribution in [2.24, 2.45) is 0 Å². The number of hydrogen-bond donors (Lipinski definition) is 1. The van der Waals surface area contributed by atoms with E-state index in [0.29, 0.717) is 18.2 Å². The summed E-state index contributed by atoms with van der Waals surface area (Å²) in [6.07, 6.45) is 8.67. The Hall–Kier alpha value is -1.23. The fourth-order valence-corrected chi connectivity index (χ4v) is 3.21. The maximum absolute atomic E-state index is 11.5. The fraction of sp³-hybridized carbons (Fsp3) is 0.600. The Bertz CT molecular complexity index is 428. The summed E-state index contributed by atoms with van der Waals surface area (Å²) in [4.78, 5) is 15.8. The van der Waals surface area contributed by atoms with Gasteiger partial charge in [-0.2, -0.15) is 11.8 Å². The molecule has 0 saturated heterocycles. The Labute approximate surface area is 124 Å². The number of pyridine rings is 1. The van der Waals surface area contributed by atoms with Crippen molar-refractivity contribution in [2.45, 2.75) is 43.9 Å². The van der Waals surface area contributed by atoms with Gasteiger partial charge in [-0.1, -0.05) is 0 Å². The van der Waals surface area contributed by atoms with Crippen LogP contribution in [0.1, 0.15) is 43.0 Å². The molecule has 1 aromatic rings. The van der Waals surface area contributed by atoms with Gasteiger partial charge >= 0.3 is 5.97 Å². The minimum Gasteiger partial charge on any atom is -0.462 e. The summed E-state index contributed by atoms with van der Waals surface area (Å²) in [5, 5.41) is 4.26. The SMILES string of the molecule is CCOC(=O)c1ccc(NC2CCC(SC)CC2)nc1. The van der Waals surface area contributed by atoms with E-state index in [1.807, 2.05) is 17.8 Å². The molecule has 1 aromatic heterocycles. The highest BCUT2D eigenvalue weighted by Gasteiger charge is 2.20. The van der Waals surface area contributed by atoms with E-state index in [1.54, 1.807) is 19.2 Å². The normalized spacial score (nSPS) is 22.3. The van der Waals surface area contributed by atoms with Crippen molar-refractivity contribution in [3.63, 3.8) is 0 Å². The van der Waals surface area contributed by atoms with Gasteiger partial charge in [0.25, 0.3) is 0 Å². The number of esters is 1. The van der Waals surface area contributed by atoms with Crippen molar-refractivity contribution in [2.75, 3.05) is 18.2 Å². The van der Waals surface area contributed by atoms with Gasteiger partial charge in [-0.25, -0.2) is 9.78 Å². The number of nitrogens with zero attached hydrogens (tertiary/aromatic N) is 1. The van der Waals surface area contributed by atoms with Gasteiger partial charge in [0.15, 0.2) is 0 Å². The van der Waals surface area contributed by atoms with Crippen LogP contribution in [0.3, 0.4) is 0 Å². The summed E-state index contributed by atoms with van der Waals surface area (Å²) in [6.45, 7) is 2.18. The zero-order valence-electron chi connectivity index (χ0n) is 12.1. The second kappa shape index (κ2) is 7.53. The minimum atomic E-state index is -0.313. The van der Waals surface area contributed by atoms with Crippen molar-refractivity contribution in [1.82, 2.24) is 4.98 Å². The van der Waals surface area contributed by atoms with Gasteiger partial charge in [-0.15, -0.1) is 0 Å². The average Bonchev–Trinajstić information content (AvgIpc) is 2.49. The molecule has 2 rings (SSSR count). The van der Waals surface area contributed by atoms with E-state index in [9.17, 15) is 4.79 Å². The molecule has 110 valence electrons. The van der Waals surface area contributed by atoms with E-state index in [2.05, 4.69) is 16.6 Å². The predicted octanol–water partition coefficient (Wildman–Crippen LogP) is 3.34. The molecule has 0 amide bonds. The molecule has 0 aromatic carbocycles. The molecule has 0 radical (unpaired) electrons. The fourth-order valence-electron chi connectivity index (χ4n) is 2.47. The second-order valence-corrected chi connectivity index (χ2v) is 6.14. The predicted molar refractivity (Wildman–Crippen MR) is 83.4 cm³/mol. The summed E-state index contributed by atoms with van der Waals surface area (Å²) in [7, 11) is 0. The molecule has 1 aliphatic carbocycles. The zero-order chi connectivity index (χ0) is 14.4. The maximum atomic E-state index is 11.5. The Morgan fingerprint density at radius 2 is 2.15 bits per heavy atom. The van der Waals surface area contributed by atoms with E-state index in [0.717, 1.165) is 11.1 Å². The van der Waals surface area contributed by atoms with Gasteiger partial charge in [0, 0.05) is 17.5 Å². The first-order valence-electron chi connectivity index (χ1n) is 7.15. The van der Waals surface area contributed by atoms with Crippen LogP contribution in [0.5, 0.6) is 0 Å². The lowest BCUT2D eigenvalue weighted by molar-refractivity contribution is 0.0526. The van der Waals surface area contributed by atoms with Gasteiger partial charge in [-0.05, 0) is 51.0 Å². The molecule has 0 spiro atoms. The van der Waals surface area contributed by atoms with Crippen molar-refractivity contribution < 1.29 is 9.53 Å². The van der Waals surface area contributed by atoms with Crippen LogP contribution in [0, 0.1) is 0 Å². The van der Waals surface area contributed by atoms with Gasteiger partial charge in [0.2, 0.25) is 0 Å². The van der Waals surface area contributed by atoms with Gasteiger partial charge in [0.1, 0.15) is 5.82 Å². The molecule has 1 fully saturated rings. The van der Waals surface area contributed by atoms with Crippen molar-refractivity contribution >= 4 is 23.5 Å². The molecular weight excluding hydrogens is 272 g/mol. The summed E-state index contributed by atoms with van der Waals surface area (Å²) in [6, 6.07) is 4.12. The minimum absolute atomic E-state index is 0.313. The molecule has 20 heavy (non-hydrogen) atoms. The van der Waals surface area contributed by atoms with E-state index in [-0.39, 0.29) is 5.97 Å². The molecule has 1 saturated carbocycles. The van der Waals surface area contributed by atoms with Crippen LogP contribution in [0.25, 0.3) is 0 Å². The largest absolute Gasteiger partial charge is 0.462 e. The Balaban J connectivity index is 1.86. The first kappa shape index (κ1) is 15.2. The number of hydrogen-bond acceptors (Lipinski definition) is 5. The zero-order valence-corrected chi connectivity index (χ0v) is 12.9. The Morgan fingerprint density at radius 1 is 1.40 bits per heavy atom. The summed E-state index contributed by atoms with van der Waals surface area (Å²) < 4.78 is 4.94. The van der Waals surface area contributed by atoms with E-state index < -0.39 is 0 Å². The number of carbonyl (C=O) groups is 1. The molecular formula is C15H22N2O2S. The summed E-state index contributed by atoms with van der Waals surface area (Å²) in [5.74, 6) is 0.526. The van der Waals surface area contributed by atoms with Crippen LogP contribution in [-0.4, -0.2) is 35.1 Å². The van der Waals surface area contributed by atoms with Crippen LogP contribution >= 0.6 is 11.8 Å². The summed E-state index contributed by atoms with van der Waals surface area (Å²) >= 11 is 1.97. The Morgan fingerprint density at radius 3 is 2.70 bits per heavy atom. The van der Waals surface area contributed by atoms with Gasteiger partial charge < -0.3 is 10.1 Å². The lowest BCUT2D eigenvalue weighted by atomic mass is 9.95. The Kier molecular flexibility index (Phi) is 5.71. The monoisotopic (exact) mass is 294 g/mol. The van der Waals surface area contributed by atoms with Crippen molar-refractivity contribution in [3.8, 4) is 0 Å². The highest BCUT2D eigenvalue weighted by atomic mass is 32.2. The lowest BCUT2D eigenvalue weighted by Crippen LogP contribution is -2.27. The third kappa shape index (κ3) is 4.13. The van der Waals surface area contributed by atoms with E-state index in [4.69, 9.17) is 4.74 Å². The molecule has 0 aliphatic heterocycles. The smallest absolute Gasteiger partial charge is 0.339 e. The third-order valence-corrected chi connectivity index (χ3v) is 4.77. The van der Waals surface area contributed by atoms with Crippen molar-refractivity contribution in [1.29, 1.82) is 0 Å². The first-order chi connectivity index (χ1) is 9.72. The first-order valence-corrected chi connectivity index (χ1v) is 8.44. The van der Waals surface area contributed by atoms with Crippen LogP contribution in [0.15, 0.2) is 18.3 Å². The molecule has 0 atom stereocenters. The van der Waals surface area contributed by atoms with Crippen LogP contribution in [0.2, 0.25) is 0 Å². The molecule has 0 bridgehead atoms. The molecule has 4 nitrogen and oxygen atoms in total.